The Balaban J connectivity index is 2.78. The van der Waals surface area contributed by atoms with Crippen molar-refractivity contribution in [1.82, 2.24) is 4.57 Å². The van der Waals surface area contributed by atoms with Gasteiger partial charge >= 0.3 is 0 Å². The van der Waals surface area contributed by atoms with Gasteiger partial charge in [0.25, 0.3) is 0 Å². The van der Waals surface area contributed by atoms with Crippen LogP contribution in [-0.2, 0) is 0 Å². The van der Waals surface area contributed by atoms with E-state index in [1.807, 2.05) is 29.7 Å². The van der Waals surface area contributed by atoms with Gasteiger partial charge in [-0.25, -0.2) is 0 Å². The largest absolute Gasteiger partial charge is 0.374 e. The lowest BCUT2D eigenvalue weighted by atomic mass is 10.2. The molecule has 0 fully saturated rings. The lowest BCUT2D eigenvalue weighted by Crippen LogP contribution is -2.04. The maximum atomic E-state index is 9.55. The average Bonchev–Trinajstić information content (AvgIpc) is 2.39. The lowest BCUT2D eigenvalue weighted by Gasteiger charge is -2.10. The Morgan fingerprint density at radius 1 is 1.31 bits per heavy atom. The zero-order chi connectivity index (χ0) is 9.42. The van der Waals surface area contributed by atoms with Crippen LogP contribution in [-0.4, -0.2) is 9.67 Å². The topological polar surface area (TPSA) is 25.2 Å². The number of hydrogen-bond donors (Lipinski definition) is 1. The number of hydrogen-bond acceptors (Lipinski definition) is 1. The van der Waals surface area contributed by atoms with Crippen LogP contribution in [0.1, 0.15) is 18.8 Å². The Labute approximate surface area is 77.4 Å². The minimum absolute atomic E-state index is 0.458. The molecule has 0 aliphatic heterocycles. The number of benzene rings is 1. The quantitative estimate of drug-likeness (QED) is 0.707. The van der Waals surface area contributed by atoms with Crippen LogP contribution in [0.3, 0.4) is 0 Å². The summed E-state index contributed by atoms with van der Waals surface area (Å²) in [4.78, 5) is 0. The maximum absolute atomic E-state index is 9.55. The van der Waals surface area contributed by atoms with Gasteiger partial charge in [0.1, 0.15) is 6.23 Å². The van der Waals surface area contributed by atoms with E-state index in [-0.39, 0.29) is 0 Å². The van der Waals surface area contributed by atoms with Crippen LogP contribution >= 0.6 is 0 Å². The van der Waals surface area contributed by atoms with E-state index < -0.39 is 6.23 Å². The van der Waals surface area contributed by atoms with E-state index >= 15 is 0 Å². The molecule has 1 unspecified atom stereocenters. The predicted molar refractivity (Wildman–Crippen MR) is 53.6 cm³/mol. The van der Waals surface area contributed by atoms with E-state index in [1.54, 1.807) is 6.92 Å². The molecule has 0 saturated heterocycles. The molecule has 2 aromatic rings. The number of aliphatic hydroxyl groups excluding tert-OH is 1. The molecule has 13 heavy (non-hydrogen) atoms. The van der Waals surface area contributed by atoms with Crippen molar-refractivity contribution in [2.24, 2.45) is 0 Å². The minimum Gasteiger partial charge on any atom is -0.374 e. The standard InChI is InChI=1S/C11H13NO/c1-8-7-10-5-3-4-6-11(10)12(8)9(2)13/h3-7,9,13H,1-2H3. The normalized spacial score (nSPS) is 13.5. The Hall–Kier alpha value is -1.28. The van der Waals surface area contributed by atoms with Gasteiger partial charge in [-0.3, -0.25) is 0 Å². The van der Waals surface area contributed by atoms with Gasteiger partial charge in [0.2, 0.25) is 0 Å². The molecule has 1 aromatic carbocycles. The summed E-state index contributed by atoms with van der Waals surface area (Å²) in [5.74, 6) is 0. The third-order valence-electron chi connectivity index (χ3n) is 2.31. The molecule has 0 saturated carbocycles. The first-order chi connectivity index (χ1) is 6.20. The molecular formula is C11H13NO. The first-order valence-corrected chi connectivity index (χ1v) is 4.45. The van der Waals surface area contributed by atoms with Crippen LogP contribution < -0.4 is 0 Å². The second kappa shape index (κ2) is 2.89. The zero-order valence-electron chi connectivity index (χ0n) is 7.86. The molecule has 0 amide bonds. The Bertz CT molecular complexity index is 429. The minimum atomic E-state index is -0.458. The number of aromatic nitrogens is 1. The summed E-state index contributed by atoms with van der Waals surface area (Å²) in [6.45, 7) is 3.78. The molecule has 1 N–H and O–H groups in total. The van der Waals surface area contributed by atoms with Gasteiger partial charge in [0.15, 0.2) is 0 Å². The highest BCUT2D eigenvalue weighted by molar-refractivity contribution is 5.81. The second-order valence-corrected chi connectivity index (χ2v) is 3.35. The molecule has 2 rings (SSSR count). The van der Waals surface area contributed by atoms with Gasteiger partial charge in [-0.2, -0.15) is 0 Å². The fraction of sp³-hybridized carbons (Fsp3) is 0.273. The van der Waals surface area contributed by atoms with Crippen LogP contribution in [0.15, 0.2) is 30.3 Å². The molecule has 0 radical (unpaired) electrons. The number of aliphatic hydroxyl groups is 1. The summed E-state index contributed by atoms with van der Waals surface area (Å²) in [6.07, 6.45) is -0.458. The summed E-state index contributed by atoms with van der Waals surface area (Å²) in [6, 6.07) is 10.2. The van der Waals surface area contributed by atoms with Crippen LogP contribution in [0, 0.1) is 6.92 Å². The molecule has 0 aliphatic rings. The molecule has 1 atom stereocenters. The molecule has 1 heterocycles. The molecule has 0 spiro atoms. The van der Waals surface area contributed by atoms with Crippen molar-refractivity contribution in [3.8, 4) is 0 Å². The number of fused-ring (bicyclic) bond motifs is 1. The summed E-state index contributed by atoms with van der Waals surface area (Å²) in [5.41, 5.74) is 2.19. The van der Waals surface area contributed by atoms with E-state index in [0.29, 0.717) is 0 Å². The van der Waals surface area contributed by atoms with Crippen molar-refractivity contribution in [1.29, 1.82) is 0 Å². The monoisotopic (exact) mass is 175 g/mol. The van der Waals surface area contributed by atoms with Crippen LogP contribution in [0.5, 0.6) is 0 Å². The van der Waals surface area contributed by atoms with Gasteiger partial charge < -0.3 is 9.67 Å². The fourth-order valence-electron chi connectivity index (χ4n) is 1.81. The van der Waals surface area contributed by atoms with Crippen molar-refractivity contribution < 1.29 is 5.11 Å². The number of nitrogens with zero attached hydrogens (tertiary/aromatic N) is 1. The van der Waals surface area contributed by atoms with Crippen LogP contribution in [0.4, 0.5) is 0 Å². The summed E-state index contributed by atoms with van der Waals surface area (Å²) in [7, 11) is 0. The average molecular weight is 175 g/mol. The van der Waals surface area contributed by atoms with Crippen molar-refractivity contribution in [2.75, 3.05) is 0 Å². The van der Waals surface area contributed by atoms with Crippen molar-refractivity contribution in [3.05, 3.63) is 36.0 Å². The highest BCUT2D eigenvalue weighted by Gasteiger charge is 2.07. The number of rotatable bonds is 1. The molecule has 0 aliphatic carbocycles. The first kappa shape index (κ1) is 8.32. The maximum Gasteiger partial charge on any atom is 0.128 e. The molecular weight excluding hydrogens is 162 g/mol. The second-order valence-electron chi connectivity index (χ2n) is 3.35. The lowest BCUT2D eigenvalue weighted by molar-refractivity contribution is 0.127. The molecule has 0 bridgehead atoms. The van der Waals surface area contributed by atoms with Gasteiger partial charge in [0.05, 0.1) is 5.52 Å². The Morgan fingerprint density at radius 3 is 2.69 bits per heavy atom. The molecule has 2 nitrogen and oxygen atoms in total. The van der Waals surface area contributed by atoms with Crippen LogP contribution in [0.2, 0.25) is 0 Å². The van der Waals surface area contributed by atoms with Gasteiger partial charge in [0, 0.05) is 5.69 Å². The summed E-state index contributed by atoms with van der Waals surface area (Å²) < 4.78 is 1.93. The van der Waals surface area contributed by atoms with Gasteiger partial charge in [-0.05, 0) is 31.4 Å². The van der Waals surface area contributed by atoms with Crippen molar-refractivity contribution in [3.63, 3.8) is 0 Å². The highest BCUT2D eigenvalue weighted by atomic mass is 16.3. The molecule has 2 heteroatoms. The van der Waals surface area contributed by atoms with E-state index in [9.17, 15) is 5.11 Å². The van der Waals surface area contributed by atoms with Gasteiger partial charge in [-0.1, -0.05) is 18.2 Å². The van der Waals surface area contributed by atoms with E-state index in [1.165, 1.54) is 5.39 Å². The van der Waals surface area contributed by atoms with E-state index in [0.717, 1.165) is 11.2 Å². The molecule has 1 aromatic heterocycles. The Kier molecular flexibility index (Phi) is 1.85. The third-order valence-corrected chi connectivity index (χ3v) is 2.31. The SMILES string of the molecule is Cc1cc2ccccc2n1C(C)O. The van der Waals surface area contributed by atoms with E-state index in [2.05, 4.69) is 12.1 Å². The van der Waals surface area contributed by atoms with Gasteiger partial charge in [-0.15, -0.1) is 0 Å². The summed E-state index contributed by atoms with van der Waals surface area (Å²) >= 11 is 0. The number of aryl methyl sites for hydroxylation is 1. The Morgan fingerprint density at radius 2 is 2.00 bits per heavy atom. The highest BCUT2D eigenvalue weighted by Crippen LogP contribution is 2.21. The third kappa shape index (κ3) is 1.23. The van der Waals surface area contributed by atoms with Crippen LogP contribution in [0.25, 0.3) is 10.9 Å². The van der Waals surface area contributed by atoms with Crippen molar-refractivity contribution in [2.45, 2.75) is 20.1 Å². The molecule has 68 valence electrons. The first-order valence-electron chi connectivity index (χ1n) is 4.45. The van der Waals surface area contributed by atoms with E-state index in [4.69, 9.17) is 0 Å². The summed E-state index contributed by atoms with van der Waals surface area (Å²) in [5, 5.41) is 10.7. The predicted octanol–water partition coefficient (Wildman–Crippen LogP) is 2.46. The zero-order valence-corrected chi connectivity index (χ0v) is 7.86. The van der Waals surface area contributed by atoms with Crippen molar-refractivity contribution >= 4 is 10.9 Å². The fourth-order valence-corrected chi connectivity index (χ4v) is 1.81. The smallest absolute Gasteiger partial charge is 0.128 e. The number of para-hydroxylation sites is 1.